The van der Waals surface area contributed by atoms with Gasteiger partial charge in [-0.05, 0) is 37.5 Å². The third-order valence-corrected chi connectivity index (χ3v) is 3.71. The van der Waals surface area contributed by atoms with Crippen molar-refractivity contribution in [2.24, 2.45) is 11.8 Å². The van der Waals surface area contributed by atoms with Gasteiger partial charge in [0.1, 0.15) is 0 Å². The van der Waals surface area contributed by atoms with Crippen LogP contribution in [-0.2, 0) is 11.0 Å². The standard InChI is InChI=1S/C10H21NOS/c1-8(2)9-4-6-10(7-5-9)11-13(3)12/h8-11H,4-7H2,1-3H3. The van der Waals surface area contributed by atoms with E-state index in [2.05, 4.69) is 18.6 Å². The van der Waals surface area contributed by atoms with Crippen LogP contribution in [0.3, 0.4) is 0 Å². The van der Waals surface area contributed by atoms with E-state index < -0.39 is 11.0 Å². The number of rotatable bonds is 3. The highest BCUT2D eigenvalue weighted by molar-refractivity contribution is 7.82. The van der Waals surface area contributed by atoms with Crippen LogP contribution in [0, 0.1) is 11.8 Å². The van der Waals surface area contributed by atoms with Gasteiger partial charge in [-0.2, -0.15) is 0 Å². The molecule has 0 heterocycles. The van der Waals surface area contributed by atoms with Gasteiger partial charge in [-0.1, -0.05) is 13.8 Å². The van der Waals surface area contributed by atoms with Crippen LogP contribution < -0.4 is 4.72 Å². The molecule has 0 spiro atoms. The zero-order valence-corrected chi connectivity index (χ0v) is 9.69. The maximum atomic E-state index is 10.9. The third-order valence-electron chi connectivity index (χ3n) is 3.05. The van der Waals surface area contributed by atoms with Crippen molar-refractivity contribution in [2.45, 2.75) is 45.6 Å². The van der Waals surface area contributed by atoms with E-state index in [0.29, 0.717) is 6.04 Å². The second-order valence-corrected chi connectivity index (χ2v) is 5.57. The molecule has 78 valence electrons. The fourth-order valence-electron chi connectivity index (χ4n) is 2.14. The zero-order chi connectivity index (χ0) is 9.84. The summed E-state index contributed by atoms with van der Waals surface area (Å²) in [6, 6.07) is 0.501. The normalized spacial score (nSPS) is 32.0. The predicted octanol–water partition coefficient (Wildman–Crippen LogP) is 2.08. The van der Waals surface area contributed by atoms with Crippen LogP contribution in [0.2, 0.25) is 0 Å². The summed E-state index contributed by atoms with van der Waals surface area (Å²) in [7, 11) is -0.835. The van der Waals surface area contributed by atoms with Crippen LogP contribution >= 0.6 is 0 Å². The maximum Gasteiger partial charge on any atom is 0.0886 e. The Hall–Kier alpha value is 0.110. The molecule has 1 aliphatic carbocycles. The Balaban J connectivity index is 2.26. The predicted molar refractivity (Wildman–Crippen MR) is 57.8 cm³/mol. The summed E-state index contributed by atoms with van der Waals surface area (Å²) in [6.45, 7) is 4.60. The second kappa shape index (κ2) is 5.11. The first-order valence-electron chi connectivity index (χ1n) is 5.19. The Kier molecular flexibility index (Phi) is 4.39. The quantitative estimate of drug-likeness (QED) is 0.747. The van der Waals surface area contributed by atoms with Crippen molar-refractivity contribution in [3.05, 3.63) is 0 Å². The SMILES string of the molecule is CC(C)C1CCC(NS(C)=O)CC1. The number of hydrogen-bond acceptors (Lipinski definition) is 1. The molecule has 0 saturated heterocycles. The van der Waals surface area contributed by atoms with Crippen molar-refractivity contribution in [1.29, 1.82) is 0 Å². The first-order valence-corrected chi connectivity index (χ1v) is 6.75. The van der Waals surface area contributed by atoms with Crippen molar-refractivity contribution >= 4 is 11.0 Å². The molecular weight excluding hydrogens is 182 g/mol. The molecule has 0 aromatic heterocycles. The fraction of sp³-hybridized carbons (Fsp3) is 1.00. The van der Waals surface area contributed by atoms with Crippen LogP contribution in [0.25, 0.3) is 0 Å². The minimum atomic E-state index is -0.835. The minimum Gasteiger partial charge on any atom is -0.243 e. The molecule has 1 rings (SSSR count). The number of nitrogens with one attached hydrogen (secondary N) is 1. The summed E-state index contributed by atoms with van der Waals surface area (Å²) in [4.78, 5) is 0. The Morgan fingerprint density at radius 1 is 1.23 bits per heavy atom. The van der Waals surface area contributed by atoms with Gasteiger partial charge in [0.15, 0.2) is 0 Å². The van der Waals surface area contributed by atoms with Gasteiger partial charge >= 0.3 is 0 Å². The lowest BCUT2D eigenvalue weighted by Crippen LogP contribution is -2.34. The maximum absolute atomic E-state index is 10.9. The van der Waals surface area contributed by atoms with Crippen LogP contribution in [0.1, 0.15) is 39.5 Å². The smallest absolute Gasteiger partial charge is 0.0886 e. The molecule has 2 nitrogen and oxygen atoms in total. The molecule has 0 radical (unpaired) electrons. The van der Waals surface area contributed by atoms with E-state index in [0.717, 1.165) is 11.8 Å². The lowest BCUT2D eigenvalue weighted by Gasteiger charge is -2.30. The minimum absolute atomic E-state index is 0.501. The average Bonchev–Trinajstić information content (AvgIpc) is 2.04. The molecule has 1 aliphatic rings. The van der Waals surface area contributed by atoms with Crippen LogP contribution in [0.15, 0.2) is 0 Å². The van der Waals surface area contributed by atoms with Gasteiger partial charge < -0.3 is 0 Å². The van der Waals surface area contributed by atoms with Crippen molar-refractivity contribution < 1.29 is 4.21 Å². The molecule has 1 fully saturated rings. The summed E-state index contributed by atoms with van der Waals surface area (Å²) in [6.07, 6.45) is 6.71. The highest BCUT2D eigenvalue weighted by Crippen LogP contribution is 2.29. The van der Waals surface area contributed by atoms with Crippen LogP contribution in [0.5, 0.6) is 0 Å². The van der Waals surface area contributed by atoms with Crippen molar-refractivity contribution in [3.8, 4) is 0 Å². The fourth-order valence-corrected chi connectivity index (χ4v) is 2.84. The first kappa shape index (κ1) is 11.2. The van der Waals surface area contributed by atoms with Gasteiger partial charge in [0.25, 0.3) is 0 Å². The van der Waals surface area contributed by atoms with Crippen LogP contribution in [0.4, 0.5) is 0 Å². The average molecular weight is 203 g/mol. The van der Waals surface area contributed by atoms with E-state index in [4.69, 9.17) is 0 Å². The molecule has 0 aromatic rings. The van der Waals surface area contributed by atoms with E-state index in [1.165, 1.54) is 25.7 Å². The summed E-state index contributed by atoms with van der Waals surface area (Å²) < 4.78 is 14.0. The Morgan fingerprint density at radius 3 is 2.15 bits per heavy atom. The number of hydrogen-bond donors (Lipinski definition) is 1. The Labute approximate surface area is 84.1 Å². The summed E-state index contributed by atoms with van der Waals surface area (Å²) >= 11 is 0. The highest BCUT2D eigenvalue weighted by Gasteiger charge is 2.23. The lowest BCUT2D eigenvalue weighted by molar-refractivity contribution is 0.253. The van der Waals surface area contributed by atoms with Gasteiger partial charge in [-0.25, -0.2) is 8.93 Å². The molecule has 1 N–H and O–H groups in total. The van der Waals surface area contributed by atoms with E-state index in [1.54, 1.807) is 6.26 Å². The zero-order valence-electron chi connectivity index (χ0n) is 8.88. The highest BCUT2D eigenvalue weighted by atomic mass is 32.2. The van der Waals surface area contributed by atoms with Gasteiger partial charge in [-0.3, -0.25) is 0 Å². The molecule has 13 heavy (non-hydrogen) atoms. The topological polar surface area (TPSA) is 29.1 Å². The van der Waals surface area contributed by atoms with Gasteiger partial charge in [-0.15, -0.1) is 0 Å². The second-order valence-electron chi connectivity index (χ2n) is 4.43. The molecule has 1 unspecified atom stereocenters. The lowest BCUT2D eigenvalue weighted by atomic mass is 9.80. The van der Waals surface area contributed by atoms with Gasteiger partial charge in [0, 0.05) is 12.3 Å². The largest absolute Gasteiger partial charge is 0.243 e. The first-order chi connectivity index (χ1) is 6.09. The monoisotopic (exact) mass is 203 g/mol. The molecule has 0 amide bonds. The molecule has 3 heteroatoms. The van der Waals surface area contributed by atoms with Crippen LogP contribution in [-0.4, -0.2) is 16.5 Å². The molecule has 0 aliphatic heterocycles. The van der Waals surface area contributed by atoms with Crippen molar-refractivity contribution in [2.75, 3.05) is 6.26 Å². The van der Waals surface area contributed by atoms with E-state index >= 15 is 0 Å². The van der Waals surface area contributed by atoms with E-state index in [9.17, 15) is 4.21 Å². The van der Waals surface area contributed by atoms with Crippen molar-refractivity contribution in [3.63, 3.8) is 0 Å². The molecule has 0 bridgehead atoms. The third kappa shape index (κ3) is 3.77. The Morgan fingerprint density at radius 2 is 1.77 bits per heavy atom. The van der Waals surface area contributed by atoms with Gasteiger partial charge in [0.05, 0.1) is 11.0 Å². The Bertz CT molecular complexity index is 174. The van der Waals surface area contributed by atoms with Gasteiger partial charge in [0.2, 0.25) is 0 Å². The summed E-state index contributed by atoms with van der Waals surface area (Å²) in [5, 5.41) is 0. The summed E-state index contributed by atoms with van der Waals surface area (Å²) in [5.41, 5.74) is 0. The summed E-state index contributed by atoms with van der Waals surface area (Å²) in [5.74, 6) is 1.71. The molecular formula is C10H21NOS. The van der Waals surface area contributed by atoms with E-state index in [-0.39, 0.29) is 0 Å². The molecule has 1 atom stereocenters. The van der Waals surface area contributed by atoms with Crippen molar-refractivity contribution in [1.82, 2.24) is 4.72 Å². The van der Waals surface area contributed by atoms with E-state index in [1.807, 2.05) is 0 Å². The molecule has 0 aromatic carbocycles. The molecule has 1 saturated carbocycles.